The largest absolute Gasteiger partial charge is 0.370 e. The van der Waals surface area contributed by atoms with E-state index in [4.69, 9.17) is 15.7 Å². The number of amides is 2. The lowest BCUT2D eigenvalue weighted by Crippen LogP contribution is -2.47. The first-order valence-corrected chi connectivity index (χ1v) is 11.2. The average molecular weight is 462 g/mol. The van der Waals surface area contributed by atoms with E-state index in [2.05, 4.69) is 14.9 Å². The summed E-state index contributed by atoms with van der Waals surface area (Å²) in [6, 6.07) is 9.46. The Morgan fingerprint density at radius 2 is 1.97 bits per heavy atom. The number of hydrogen-bond donors (Lipinski definition) is 1. The van der Waals surface area contributed by atoms with Gasteiger partial charge in [0.15, 0.2) is 0 Å². The normalized spacial score (nSPS) is 14.2. The predicted octanol–water partition coefficient (Wildman–Crippen LogP) is 1.55. The number of benzene rings is 1. The lowest BCUT2D eigenvalue weighted by molar-refractivity contribution is -0.137. The van der Waals surface area contributed by atoms with Crippen LogP contribution < -0.4 is 10.6 Å². The van der Waals surface area contributed by atoms with Crippen LogP contribution in [0.1, 0.15) is 28.8 Å². The summed E-state index contributed by atoms with van der Waals surface area (Å²) in [5.41, 5.74) is 7.18. The Bertz CT molecular complexity index is 1210. The Balaban J connectivity index is 1.22. The van der Waals surface area contributed by atoms with E-state index in [1.54, 1.807) is 17.0 Å². The maximum absolute atomic E-state index is 12.6. The molecule has 2 N–H and O–H groups in total. The average Bonchev–Trinajstić information content (AvgIpc) is 3.28. The van der Waals surface area contributed by atoms with Crippen LogP contribution in [-0.2, 0) is 16.1 Å². The molecule has 3 aromatic rings. The van der Waals surface area contributed by atoms with Crippen LogP contribution in [0.25, 0.3) is 10.9 Å². The highest BCUT2D eigenvalue weighted by atomic mass is 16.5. The Morgan fingerprint density at radius 1 is 1.24 bits per heavy atom. The SMILES string of the molecule is CN(C(=O)COCCn1ccc2ccc(C(N)=O)cc21)C1CCN(c2ncc(C#N)cn2)CC1. The van der Waals surface area contributed by atoms with E-state index < -0.39 is 5.91 Å². The molecule has 10 heteroatoms. The van der Waals surface area contributed by atoms with Crippen LogP contribution in [0.5, 0.6) is 0 Å². The van der Waals surface area contributed by atoms with E-state index in [9.17, 15) is 9.59 Å². The molecule has 4 rings (SSSR count). The maximum Gasteiger partial charge on any atom is 0.248 e. The Labute approximate surface area is 197 Å². The van der Waals surface area contributed by atoms with Gasteiger partial charge in [0.25, 0.3) is 0 Å². The van der Waals surface area contributed by atoms with Crippen molar-refractivity contribution in [2.45, 2.75) is 25.4 Å². The molecule has 1 fully saturated rings. The highest BCUT2D eigenvalue weighted by Crippen LogP contribution is 2.20. The molecule has 2 aromatic heterocycles. The topological polar surface area (TPSA) is 130 Å². The van der Waals surface area contributed by atoms with Crippen molar-refractivity contribution < 1.29 is 14.3 Å². The summed E-state index contributed by atoms with van der Waals surface area (Å²) in [4.78, 5) is 36.4. The predicted molar refractivity (Wildman–Crippen MR) is 126 cm³/mol. The molecule has 1 aliphatic heterocycles. The molecule has 3 heterocycles. The van der Waals surface area contributed by atoms with Gasteiger partial charge < -0.3 is 24.8 Å². The maximum atomic E-state index is 12.6. The molecule has 0 unspecified atom stereocenters. The second kappa shape index (κ2) is 10.3. The second-order valence-corrected chi connectivity index (χ2v) is 8.31. The number of rotatable bonds is 8. The number of nitrogens with zero attached hydrogens (tertiary/aromatic N) is 6. The van der Waals surface area contributed by atoms with Crippen molar-refractivity contribution in [3.05, 3.63) is 54.0 Å². The lowest BCUT2D eigenvalue weighted by atomic mass is 10.0. The van der Waals surface area contributed by atoms with Gasteiger partial charge in [0.2, 0.25) is 17.8 Å². The zero-order valence-electron chi connectivity index (χ0n) is 19.1. The molecule has 2 amide bonds. The standard InChI is InChI=1S/C24H27N7O3/c1-29(20-5-8-31(9-6-20)24-27-14-17(13-25)15-28-24)22(32)16-34-11-10-30-7-4-18-2-3-19(23(26)33)12-21(18)30/h2-4,7,12,14-15,20H,5-6,8-11,16H2,1H3,(H2,26,33). The summed E-state index contributed by atoms with van der Waals surface area (Å²) in [7, 11) is 1.81. The Hall–Kier alpha value is -3.97. The van der Waals surface area contributed by atoms with E-state index >= 15 is 0 Å². The van der Waals surface area contributed by atoms with E-state index in [0.717, 1.165) is 36.8 Å². The Kier molecular flexibility index (Phi) is 7.04. The minimum atomic E-state index is -0.463. The number of carbonyl (C=O) groups excluding carboxylic acids is 2. The van der Waals surface area contributed by atoms with Crippen LogP contribution in [0.2, 0.25) is 0 Å². The van der Waals surface area contributed by atoms with E-state index in [-0.39, 0.29) is 18.6 Å². The molecule has 0 radical (unpaired) electrons. The van der Waals surface area contributed by atoms with E-state index in [0.29, 0.717) is 30.2 Å². The number of primary amides is 1. The Morgan fingerprint density at radius 3 is 2.65 bits per heavy atom. The third kappa shape index (κ3) is 5.15. The number of carbonyl (C=O) groups is 2. The number of fused-ring (bicyclic) bond motifs is 1. The third-order valence-electron chi connectivity index (χ3n) is 6.22. The fourth-order valence-corrected chi connectivity index (χ4v) is 4.16. The van der Waals surface area contributed by atoms with Crippen molar-refractivity contribution in [2.24, 2.45) is 5.73 Å². The first-order valence-electron chi connectivity index (χ1n) is 11.2. The van der Waals surface area contributed by atoms with Crippen LogP contribution in [0, 0.1) is 11.3 Å². The van der Waals surface area contributed by atoms with Crippen molar-refractivity contribution >= 4 is 28.7 Å². The van der Waals surface area contributed by atoms with Gasteiger partial charge >= 0.3 is 0 Å². The highest BCUT2D eigenvalue weighted by molar-refractivity contribution is 5.97. The van der Waals surface area contributed by atoms with Gasteiger partial charge in [-0.1, -0.05) is 6.07 Å². The van der Waals surface area contributed by atoms with Crippen LogP contribution in [0.15, 0.2) is 42.9 Å². The quantitative estimate of drug-likeness (QED) is 0.504. The third-order valence-corrected chi connectivity index (χ3v) is 6.22. The summed E-state index contributed by atoms with van der Waals surface area (Å²) in [6.45, 7) is 2.43. The van der Waals surface area contributed by atoms with Gasteiger partial charge in [-0.25, -0.2) is 9.97 Å². The number of hydrogen-bond acceptors (Lipinski definition) is 7. The van der Waals surface area contributed by atoms with Gasteiger partial charge in [-0.2, -0.15) is 5.26 Å². The molecule has 1 aromatic carbocycles. The fraction of sp³-hybridized carbons (Fsp3) is 0.375. The molecule has 1 saturated heterocycles. The summed E-state index contributed by atoms with van der Waals surface area (Å²) < 4.78 is 7.64. The van der Waals surface area contributed by atoms with E-state index in [1.165, 1.54) is 12.4 Å². The summed E-state index contributed by atoms with van der Waals surface area (Å²) >= 11 is 0. The first kappa shape index (κ1) is 23.2. The van der Waals surface area contributed by atoms with Crippen LogP contribution in [0.3, 0.4) is 0 Å². The minimum Gasteiger partial charge on any atom is -0.370 e. The zero-order chi connectivity index (χ0) is 24.1. The van der Waals surface area contributed by atoms with Crippen LogP contribution in [-0.4, -0.2) is 70.6 Å². The minimum absolute atomic E-state index is 0.0151. The van der Waals surface area contributed by atoms with Crippen molar-refractivity contribution in [1.29, 1.82) is 5.26 Å². The first-order chi connectivity index (χ1) is 16.5. The van der Waals surface area contributed by atoms with Crippen molar-refractivity contribution in [1.82, 2.24) is 19.4 Å². The molecule has 0 atom stereocenters. The number of nitrogens with two attached hydrogens (primary N) is 1. The van der Waals surface area contributed by atoms with Gasteiger partial charge in [-0.05, 0) is 36.4 Å². The molecule has 0 bridgehead atoms. The summed E-state index contributed by atoms with van der Waals surface area (Å²) in [6.07, 6.45) is 6.59. The van der Waals surface area contributed by atoms with Gasteiger partial charge in [-0.15, -0.1) is 0 Å². The van der Waals surface area contributed by atoms with Crippen LogP contribution >= 0.6 is 0 Å². The highest BCUT2D eigenvalue weighted by Gasteiger charge is 2.26. The zero-order valence-corrected chi connectivity index (χ0v) is 19.1. The number of nitriles is 1. The molecular formula is C24H27N7O3. The number of likely N-dealkylation sites (N-methyl/N-ethyl adjacent to an activating group) is 1. The van der Waals surface area contributed by atoms with Crippen molar-refractivity contribution in [2.75, 3.05) is 38.3 Å². The smallest absolute Gasteiger partial charge is 0.248 e. The lowest BCUT2D eigenvalue weighted by Gasteiger charge is -2.36. The monoisotopic (exact) mass is 461 g/mol. The van der Waals surface area contributed by atoms with Crippen molar-refractivity contribution in [3.63, 3.8) is 0 Å². The molecule has 1 aliphatic rings. The summed E-state index contributed by atoms with van der Waals surface area (Å²) in [5, 5.41) is 9.89. The number of piperidine rings is 1. The molecule has 0 aliphatic carbocycles. The van der Waals surface area contributed by atoms with Crippen LogP contribution in [0.4, 0.5) is 5.95 Å². The molecule has 0 spiro atoms. The number of ether oxygens (including phenoxy) is 1. The number of anilines is 1. The van der Waals surface area contributed by atoms with Crippen molar-refractivity contribution in [3.8, 4) is 6.07 Å². The molecule has 34 heavy (non-hydrogen) atoms. The van der Waals surface area contributed by atoms with Gasteiger partial charge in [0.1, 0.15) is 12.7 Å². The number of aromatic nitrogens is 3. The molecule has 176 valence electrons. The van der Waals surface area contributed by atoms with E-state index in [1.807, 2.05) is 36.0 Å². The molecule has 0 saturated carbocycles. The van der Waals surface area contributed by atoms with Gasteiger partial charge in [-0.3, -0.25) is 9.59 Å². The summed E-state index contributed by atoms with van der Waals surface area (Å²) in [5.74, 6) is 0.0893. The fourth-order valence-electron chi connectivity index (χ4n) is 4.16. The van der Waals surface area contributed by atoms with Gasteiger partial charge in [0, 0.05) is 50.0 Å². The molecular weight excluding hydrogens is 434 g/mol. The molecule has 10 nitrogen and oxygen atoms in total. The van der Waals surface area contributed by atoms with Gasteiger partial charge in [0.05, 0.1) is 24.6 Å². The second-order valence-electron chi connectivity index (χ2n) is 8.31.